The van der Waals surface area contributed by atoms with Crippen molar-refractivity contribution in [2.75, 3.05) is 17.3 Å². The Morgan fingerprint density at radius 3 is 2.94 bits per heavy atom. The summed E-state index contributed by atoms with van der Waals surface area (Å²) in [5.74, 6) is 0.764. The summed E-state index contributed by atoms with van der Waals surface area (Å²) in [5.41, 5.74) is 6.54. The van der Waals surface area contributed by atoms with Crippen LogP contribution >= 0.6 is 23.4 Å². The minimum absolute atomic E-state index is 0.467. The first-order valence-corrected chi connectivity index (χ1v) is 7.57. The van der Waals surface area contributed by atoms with E-state index >= 15 is 0 Å². The molecule has 0 aliphatic heterocycles. The van der Waals surface area contributed by atoms with E-state index in [4.69, 9.17) is 17.3 Å². The zero-order valence-electron chi connectivity index (χ0n) is 9.95. The van der Waals surface area contributed by atoms with Crippen LogP contribution in [0.1, 0.15) is 25.7 Å². The summed E-state index contributed by atoms with van der Waals surface area (Å²) in [6, 6.07) is 2.21. The molecule has 0 saturated heterocycles. The molecular weight excluding hydrogens is 254 g/mol. The summed E-state index contributed by atoms with van der Waals surface area (Å²) in [6.45, 7) is 0. The van der Waals surface area contributed by atoms with Crippen LogP contribution in [0.3, 0.4) is 0 Å². The molecule has 2 rings (SSSR count). The Kier molecular flexibility index (Phi) is 4.40. The maximum atomic E-state index is 5.91. The fourth-order valence-electron chi connectivity index (χ4n) is 2.30. The molecule has 0 aromatic carbocycles. The van der Waals surface area contributed by atoms with Crippen LogP contribution in [0.4, 0.5) is 11.5 Å². The second-order valence-corrected chi connectivity index (χ2v) is 5.91. The molecule has 1 aliphatic carbocycles. The Bertz CT molecular complexity index is 386. The van der Waals surface area contributed by atoms with Gasteiger partial charge in [-0.15, -0.1) is 0 Å². The van der Waals surface area contributed by atoms with Crippen molar-refractivity contribution in [3.05, 3.63) is 17.3 Å². The highest BCUT2D eigenvalue weighted by Gasteiger charge is 2.24. The van der Waals surface area contributed by atoms with E-state index in [9.17, 15) is 0 Å². The second kappa shape index (κ2) is 5.83. The zero-order chi connectivity index (χ0) is 12.3. The van der Waals surface area contributed by atoms with E-state index in [0.29, 0.717) is 22.0 Å². The third kappa shape index (κ3) is 3.19. The zero-order valence-corrected chi connectivity index (χ0v) is 11.5. The minimum atomic E-state index is 0.467. The molecule has 0 radical (unpaired) electrons. The van der Waals surface area contributed by atoms with Gasteiger partial charge in [-0.2, -0.15) is 11.8 Å². The summed E-state index contributed by atoms with van der Waals surface area (Å²) in [5, 5.41) is 4.70. The Hall–Kier alpha value is -0.610. The molecule has 3 nitrogen and oxygen atoms in total. The van der Waals surface area contributed by atoms with Crippen LogP contribution in [0.5, 0.6) is 0 Å². The van der Waals surface area contributed by atoms with Crippen molar-refractivity contribution < 1.29 is 0 Å². The van der Waals surface area contributed by atoms with Crippen LogP contribution in [-0.4, -0.2) is 22.5 Å². The molecule has 2 unspecified atom stereocenters. The lowest BCUT2D eigenvalue weighted by Crippen LogP contribution is -2.34. The minimum Gasteiger partial charge on any atom is -0.396 e. The summed E-state index contributed by atoms with van der Waals surface area (Å²) >= 11 is 7.77. The first kappa shape index (κ1) is 12.8. The number of nitrogen functional groups attached to an aromatic ring is 1. The van der Waals surface area contributed by atoms with Gasteiger partial charge < -0.3 is 11.1 Å². The van der Waals surface area contributed by atoms with Gasteiger partial charge in [-0.05, 0) is 25.2 Å². The highest BCUT2D eigenvalue weighted by molar-refractivity contribution is 7.99. The number of hydrogen-bond donors (Lipinski definition) is 2. The second-order valence-electron chi connectivity index (χ2n) is 4.40. The molecule has 5 heteroatoms. The van der Waals surface area contributed by atoms with Crippen LogP contribution in [0.15, 0.2) is 12.3 Å². The summed E-state index contributed by atoms with van der Waals surface area (Å²) in [7, 11) is 0. The van der Waals surface area contributed by atoms with Gasteiger partial charge in [0.1, 0.15) is 5.82 Å². The average molecular weight is 272 g/mol. The standard InChI is InChI=1S/C12H18ClN3S/c1-17-11-5-3-2-4-10(11)16-12-9(14)6-8(13)7-15-12/h6-7,10-11H,2-5,14H2,1H3,(H,15,16). The van der Waals surface area contributed by atoms with Gasteiger partial charge in [0.05, 0.1) is 10.7 Å². The number of aromatic nitrogens is 1. The summed E-state index contributed by atoms with van der Waals surface area (Å²) in [4.78, 5) is 4.26. The number of hydrogen-bond acceptors (Lipinski definition) is 4. The molecule has 1 fully saturated rings. The van der Waals surface area contributed by atoms with E-state index in [1.165, 1.54) is 25.7 Å². The van der Waals surface area contributed by atoms with Crippen molar-refractivity contribution in [1.29, 1.82) is 0 Å². The number of anilines is 2. The Balaban J connectivity index is 2.08. The van der Waals surface area contributed by atoms with E-state index in [1.807, 2.05) is 11.8 Å². The first-order chi connectivity index (χ1) is 8.20. The average Bonchev–Trinajstić information content (AvgIpc) is 2.33. The highest BCUT2D eigenvalue weighted by atomic mass is 35.5. The Morgan fingerprint density at radius 1 is 1.47 bits per heavy atom. The van der Waals surface area contributed by atoms with Gasteiger partial charge in [0.25, 0.3) is 0 Å². The Morgan fingerprint density at radius 2 is 2.24 bits per heavy atom. The lowest BCUT2D eigenvalue weighted by atomic mass is 9.95. The van der Waals surface area contributed by atoms with Crippen molar-refractivity contribution in [2.24, 2.45) is 0 Å². The molecule has 2 atom stereocenters. The fraction of sp³-hybridized carbons (Fsp3) is 0.583. The number of halogens is 1. The van der Waals surface area contributed by atoms with Crippen molar-refractivity contribution in [3.8, 4) is 0 Å². The van der Waals surface area contributed by atoms with Crippen LogP contribution in [0.2, 0.25) is 5.02 Å². The van der Waals surface area contributed by atoms with E-state index in [0.717, 1.165) is 5.82 Å². The summed E-state index contributed by atoms with van der Waals surface area (Å²) < 4.78 is 0. The van der Waals surface area contributed by atoms with Crippen molar-refractivity contribution in [1.82, 2.24) is 4.98 Å². The number of thioether (sulfide) groups is 1. The lowest BCUT2D eigenvalue weighted by Gasteiger charge is -2.31. The van der Waals surface area contributed by atoms with Gasteiger partial charge in [0.2, 0.25) is 0 Å². The molecule has 17 heavy (non-hydrogen) atoms. The maximum absolute atomic E-state index is 5.91. The van der Waals surface area contributed by atoms with Crippen molar-refractivity contribution >= 4 is 34.9 Å². The smallest absolute Gasteiger partial charge is 0.149 e. The van der Waals surface area contributed by atoms with Crippen LogP contribution in [0, 0.1) is 0 Å². The molecule has 1 aromatic heterocycles. The molecule has 1 heterocycles. The summed E-state index contributed by atoms with van der Waals surface area (Å²) in [6.07, 6.45) is 8.87. The predicted octanol–water partition coefficient (Wildman–Crippen LogP) is 3.40. The van der Waals surface area contributed by atoms with Crippen molar-refractivity contribution in [2.45, 2.75) is 37.0 Å². The van der Waals surface area contributed by atoms with E-state index in [-0.39, 0.29) is 0 Å². The molecule has 0 spiro atoms. The molecule has 0 amide bonds. The highest BCUT2D eigenvalue weighted by Crippen LogP contribution is 2.30. The van der Waals surface area contributed by atoms with E-state index < -0.39 is 0 Å². The SMILES string of the molecule is CSC1CCCCC1Nc1ncc(Cl)cc1N. The van der Waals surface area contributed by atoms with Gasteiger partial charge >= 0.3 is 0 Å². The van der Waals surface area contributed by atoms with Gasteiger partial charge in [-0.25, -0.2) is 4.98 Å². The molecule has 1 aromatic rings. The number of pyridine rings is 1. The normalized spacial score (nSPS) is 24.6. The molecule has 1 saturated carbocycles. The molecule has 1 aliphatic rings. The quantitative estimate of drug-likeness (QED) is 0.885. The monoisotopic (exact) mass is 271 g/mol. The molecule has 94 valence electrons. The van der Waals surface area contributed by atoms with Gasteiger partial charge in [-0.1, -0.05) is 24.4 Å². The fourth-order valence-corrected chi connectivity index (χ4v) is 3.40. The van der Waals surface area contributed by atoms with Crippen molar-refractivity contribution in [3.63, 3.8) is 0 Å². The third-order valence-corrected chi connectivity index (χ3v) is 4.59. The van der Waals surface area contributed by atoms with Crippen LogP contribution in [-0.2, 0) is 0 Å². The largest absolute Gasteiger partial charge is 0.396 e. The number of nitrogens with two attached hydrogens (primary N) is 1. The van der Waals surface area contributed by atoms with Gasteiger partial charge in [-0.3, -0.25) is 0 Å². The number of nitrogens with one attached hydrogen (secondary N) is 1. The van der Waals surface area contributed by atoms with Crippen LogP contribution < -0.4 is 11.1 Å². The van der Waals surface area contributed by atoms with Gasteiger partial charge in [0.15, 0.2) is 0 Å². The van der Waals surface area contributed by atoms with Crippen LogP contribution in [0.25, 0.3) is 0 Å². The number of rotatable bonds is 3. The third-order valence-electron chi connectivity index (χ3n) is 3.21. The Labute approximate surface area is 112 Å². The first-order valence-electron chi connectivity index (χ1n) is 5.91. The predicted molar refractivity (Wildman–Crippen MR) is 76.8 cm³/mol. The van der Waals surface area contributed by atoms with Gasteiger partial charge in [0, 0.05) is 17.5 Å². The van der Waals surface area contributed by atoms with E-state index in [2.05, 4.69) is 16.6 Å². The lowest BCUT2D eigenvalue weighted by molar-refractivity contribution is 0.474. The molecule has 0 bridgehead atoms. The molecule has 3 N–H and O–H groups in total. The number of nitrogens with zero attached hydrogens (tertiary/aromatic N) is 1. The maximum Gasteiger partial charge on any atom is 0.149 e. The van der Waals surface area contributed by atoms with E-state index in [1.54, 1.807) is 12.3 Å². The topological polar surface area (TPSA) is 50.9 Å². The molecular formula is C12H18ClN3S.